The quantitative estimate of drug-likeness (QED) is 0.679. The largest absolute Gasteiger partial charge is 0.375 e. The minimum Gasteiger partial charge on any atom is -0.375 e. The van der Waals surface area contributed by atoms with Gasteiger partial charge in [0, 0.05) is 16.1 Å². The molecule has 2 aromatic rings. The Hall–Kier alpha value is -2.61. The number of aliphatic hydroxyl groups is 1. The van der Waals surface area contributed by atoms with Crippen LogP contribution in [0.5, 0.6) is 0 Å². The number of anilines is 1. The molecule has 126 valence electrons. The molecule has 2 atom stereocenters. The van der Waals surface area contributed by atoms with Gasteiger partial charge < -0.3 is 5.11 Å². The molecule has 0 unspecified atom stereocenters. The standard InChI is InChI=1S/C20H16ClNO3/c1-3-12-22-17-7-5-4-6-16(17)20(25,19(22)24)13(2)18(23)14-8-10-15(21)11-9-14/h1,4-11,13,25H,12H2,2H3/t13-,20-/m0/s1. The SMILES string of the molecule is C#CCN1C(=O)[C@](O)([C@@H](C)C(=O)c2ccc(Cl)cc2)c2ccccc21. The van der Waals surface area contributed by atoms with E-state index in [0.29, 0.717) is 21.8 Å². The first kappa shape index (κ1) is 17.2. The van der Waals surface area contributed by atoms with E-state index < -0.39 is 17.4 Å². The van der Waals surface area contributed by atoms with Crippen LogP contribution in [0.1, 0.15) is 22.8 Å². The Kier molecular flexibility index (Phi) is 4.38. The number of rotatable bonds is 4. The van der Waals surface area contributed by atoms with Crippen LogP contribution < -0.4 is 4.90 Å². The average Bonchev–Trinajstić information content (AvgIpc) is 2.84. The maximum Gasteiger partial charge on any atom is 0.265 e. The number of amides is 1. The van der Waals surface area contributed by atoms with Gasteiger partial charge in [0.1, 0.15) is 0 Å². The lowest BCUT2D eigenvalue weighted by atomic mass is 9.79. The number of carbonyl (C=O) groups is 2. The topological polar surface area (TPSA) is 57.6 Å². The van der Waals surface area contributed by atoms with Gasteiger partial charge in [0.15, 0.2) is 11.4 Å². The fourth-order valence-corrected chi connectivity index (χ4v) is 3.31. The summed E-state index contributed by atoms with van der Waals surface area (Å²) >= 11 is 5.85. The number of terminal acetylenes is 1. The summed E-state index contributed by atoms with van der Waals surface area (Å²) in [5, 5.41) is 11.8. The van der Waals surface area contributed by atoms with Gasteiger partial charge in [-0.2, -0.15) is 0 Å². The van der Waals surface area contributed by atoms with Crippen LogP contribution in [-0.4, -0.2) is 23.3 Å². The molecule has 3 rings (SSSR count). The van der Waals surface area contributed by atoms with E-state index in [1.807, 2.05) is 0 Å². The predicted molar refractivity (Wildman–Crippen MR) is 96.5 cm³/mol. The minimum atomic E-state index is -1.95. The first-order valence-electron chi connectivity index (χ1n) is 7.78. The van der Waals surface area contributed by atoms with E-state index >= 15 is 0 Å². The Labute approximate surface area is 151 Å². The van der Waals surface area contributed by atoms with Crippen molar-refractivity contribution in [1.82, 2.24) is 0 Å². The highest BCUT2D eigenvalue weighted by Gasteiger charge is 2.55. The smallest absolute Gasteiger partial charge is 0.265 e. The van der Waals surface area contributed by atoms with E-state index in [4.69, 9.17) is 18.0 Å². The molecule has 1 aliphatic rings. The van der Waals surface area contributed by atoms with E-state index in [0.717, 1.165) is 0 Å². The van der Waals surface area contributed by atoms with Gasteiger partial charge in [0.05, 0.1) is 18.2 Å². The highest BCUT2D eigenvalue weighted by Crippen LogP contribution is 2.45. The van der Waals surface area contributed by atoms with Gasteiger partial charge in [-0.1, -0.05) is 42.6 Å². The molecule has 1 heterocycles. The van der Waals surface area contributed by atoms with Crippen molar-refractivity contribution in [3.05, 3.63) is 64.7 Å². The molecule has 5 heteroatoms. The van der Waals surface area contributed by atoms with Crippen LogP contribution in [0.25, 0.3) is 0 Å². The molecule has 0 saturated carbocycles. The lowest BCUT2D eigenvalue weighted by Crippen LogP contribution is -2.47. The van der Waals surface area contributed by atoms with Crippen molar-refractivity contribution >= 4 is 29.0 Å². The van der Waals surface area contributed by atoms with Crippen molar-refractivity contribution in [3.63, 3.8) is 0 Å². The molecule has 0 aromatic heterocycles. The summed E-state index contributed by atoms with van der Waals surface area (Å²) in [5.41, 5.74) is -0.649. The summed E-state index contributed by atoms with van der Waals surface area (Å²) < 4.78 is 0. The lowest BCUT2D eigenvalue weighted by Gasteiger charge is -2.28. The molecule has 0 radical (unpaired) electrons. The summed E-state index contributed by atoms with van der Waals surface area (Å²) in [5.74, 6) is 0.513. The molecule has 1 aliphatic heterocycles. The third-order valence-electron chi connectivity index (χ3n) is 4.57. The Morgan fingerprint density at radius 1 is 1.28 bits per heavy atom. The van der Waals surface area contributed by atoms with Crippen molar-refractivity contribution in [2.45, 2.75) is 12.5 Å². The molecule has 25 heavy (non-hydrogen) atoms. The highest BCUT2D eigenvalue weighted by molar-refractivity contribution is 6.30. The molecule has 0 aliphatic carbocycles. The van der Waals surface area contributed by atoms with Crippen LogP contribution in [-0.2, 0) is 10.4 Å². The summed E-state index contributed by atoms with van der Waals surface area (Å²) in [7, 11) is 0. The van der Waals surface area contributed by atoms with Crippen LogP contribution in [0, 0.1) is 18.3 Å². The van der Waals surface area contributed by atoms with Gasteiger partial charge in [-0.15, -0.1) is 6.42 Å². The van der Waals surface area contributed by atoms with Crippen molar-refractivity contribution in [1.29, 1.82) is 0 Å². The predicted octanol–water partition coefficient (Wildman–Crippen LogP) is 3.03. The Morgan fingerprint density at radius 3 is 2.56 bits per heavy atom. The van der Waals surface area contributed by atoms with Crippen LogP contribution in [0.2, 0.25) is 5.02 Å². The number of hydrogen-bond donors (Lipinski definition) is 1. The van der Waals surface area contributed by atoms with Crippen LogP contribution in [0.3, 0.4) is 0 Å². The number of fused-ring (bicyclic) bond motifs is 1. The van der Waals surface area contributed by atoms with Crippen molar-refractivity contribution in [3.8, 4) is 12.3 Å². The maximum absolute atomic E-state index is 12.9. The van der Waals surface area contributed by atoms with E-state index in [2.05, 4.69) is 5.92 Å². The van der Waals surface area contributed by atoms with E-state index in [1.165, 1.54) is 4.90 Å². The summed E-state index contributed by atoms with van der Waals surface area (Å²) in [6.07, 6.45) is 5.35. The molecule has 1 N–H and O–H groups in total. The summed E-state index contributed by atoms with van der Waals surface area (Å²) in [6, 6.07) is 13.2. The third kappa shape index (κ3) is 2.62. The summed E-state index contributed by atoms with van der Waals surface area (Å²) in [6.45, 7) is 1.57. The van der Waals surface area contributed by atoms with Gasteiger partial charge >= 0.3 is 0 Å². The Balaban J connectivity index is 2.05. The zero-order valence-electron chi connectivity index (χ0n) is 13.6. The molecule has 1 amide bonds. The molecular weight excluding hydrogens is 338 g/mol. The first-order valence-corrected chi connectivity index (χ1v) is 8.16. The maximum atomic E-state index is 12.9. The molecule has 0 bridgehead atoms. The fourth-order valence-electron chi connectivity index (χ4n) is 3.18. The number of para-hydroxylation sites is 1. The second-order valence-electron chi connectivity index (χ2n) is 5.97. The van der Waals surface area contributed by atoms with Gasteiger partial charge in [0.25, 0.3) is 5.91 Å². The zero-order valence-corrected chi connectivity index (χ0v) is 14.3. The number of nitrogens with zero attached hydrogens (tertiary/aromatic N) is 1. The number of Topliss-reactive ketones (excluding diaryl/α,β-unsaturated/α-hetero) is 1. The molecular formula is C20H16ClNO3. The average molecular weight is 354 g/mol. The van der Waals surface area contributed by atoms with E-state index in [9.17, 15) is 14.7 Å². The van der Waals surface area contributed by atoms with Crippen molar-refractivity contribution in [2.75, 3.05) is 11.4 Å². The van der Waals surface area contributed by atoms with Gasteiger partial charge in [-0.05, 0) is 30.3 Å². The minimum absolute atomic E-state index is 0.0278. The van der Waals surface area contributed by atoms with Crippen LogP contribution in [0.4, 0.5) is 5.69 Å². The molecule has 0 spiro atoms. The van der Waals surface area contributed by atoms with Crippen molar-refractivity contribution < 1.29 is 14.7 Å². The zero-order chi connectivity index (χ0) is 18.2. The van der Waals surface area contributed by atoms with Crippen LogP contribution in [0.15, 0.2) is 48.5 Å². The normalized spacial score (nSPS) is 20.1. The van der Waals surface area contributed by atoms with E-state index in [-0.39, 0.29) is 12.3 Å². The lowest BCUT2D eigenvalue weighted by molar-refractivity contribution is -0.139. The van der Waals surface area contributed by atoms with Crippen LogP contribution >= 0.6 is 11.6 Å². The third-order valence-corrected chi connectivity index (χ3v) is 4.83. The summed E-state index contributed by atoms with van der Waals surface area (Å²) in [4.78, 5) is 27.1. The van der Waals surface area contributed by atoms with Gasteiger partial charge in [-0.3, -0.25) is 14.5 Å². The second kappa shape index (κ2) is 6.36. The number of benzene rings is 2. The van der Waals surface area contributed by atoms with Gasteiger partial charge in [-0.25, -0.2) is 0 Å². The Morgan fingerprint density at radius 2 is 1.92 bits per heavy atom. The Bertz CT molecular complexity index is 885. The first-order chi connectivity index (χ1) is 11.9. The molecule has 0 saturated heterocycles. The monoisotopic (exact) mass is 353 g/mol. The number of halogens is 1. The molecule has 2 aromatic carbocycles. The van der Waals surface area contributed by atoms with Gasteiger partial charge in [0.2, 0.25) is 0 Å². The number of ketones is 1. The van der Waals surface area contributed by atoms with Crippen molar-refractivity contribution in [2.24, 2.45) is 5.92 Å². The molecule has 0 fully saturated rings. The molecule has 4 nitrogen and oxygen atoms in total. The van der Waals surface area contributed by atoms with E-state index in [1.54, 1.807) is 55.5 Å². The number of hydrogen-bond acceptors (Lipinski definition) is 3. The second-order valence-corrected chi connectivity index (χ2v) is 6.41. The highest BCUT2D eigenvalue weighted by atomic mass is 35.5. The number of carbonyl (C=O) groups excluding carboxylic acids is 2. The fraction of sp³-hybridized carbons (Fsp3) is 0.200.